The largest absolute Gasteiger partial charge is 0.497 e. The Morgan fingerprint density at radius 3 is 2.73 bits per heavy atom. The Hall–Kier alpha value is -1.75. The third-order valence-corrected chi connectivity index (χ3v) is 3.84. The van der Waals surface area contributed by atoms with Crippen LogP contribution >= 0.6 is 0 Å². The van der Waals surface area contributed by atoms with Crippen LogP contribution in [0.15, 0.2) is 24.3 Å². The Kier molecular flexibility index (Phi) is 4.96. The van der Waals surface area contributed by atoms with Crippen molar-refractivity contribution in [2.45, 2.75) is 44.8 Å². The number of hydrogen-bond acceptors (Lipinski definition) is 4. The Balaban J connectivity index is 2.12. The van der Waals surface area contributed by atoms with E-state index in [1.165, 1.54) is 0 Å². The normalized spacial score (nSPS) is 22.3. The summed E-state index contributed by atoms with van der Waals surface area (Å²) >= 11 is 0. The van der Waals surface area contributed by atoms with Crippen LogP contribution in [0.2, 0.25) is 0 Å². The van der Waals surface area contributed by atoms with Gasteiger partial charge < -0.3 is 20.1 Å². The van der Waals surface area contributed by atoms with Gasteiger partial charge in [-0.25, -0.2) is 4.79 Å². The number of nitrogens with two attached hydrogens (primary N) is 1. The molecule has 1 aliphatic rings. The predicted molar refractivity (Wildman–Crippen MR) is 86.1 cm³/mol. The summed E-state index contributed by atoms with van der Waals surface area (Å²) in [6, 6.07) is 7.91. The molecule has 22 heavy (non-hydrogen) atoms. The lowest BCUT2D eigenvalue weighted by atomic mass is 9.86. The zero-order valence-electron chi connectivity index (χ0n) is 13.8. The van der Waals surface area contributed by atoms with E-state index in [0.717, 1.165) is 17.7 Å². The maximum atomic E-state index is 12.3. The number of piperidine rings is 1. The highest BCUT2D eigenvalue weighted by atomic mass is 16.6. The first-order valence-corrected chi connectivity index (χ1v) is 7.67. The summed E-state index contributed by atoms with van der Waals surface area (Å²) in [5.41, 5.74) is 6.89. The molecule has 2 rings (SSSR count). The monoisotopic (exact) mass is 306 g/mol. The van der Waals surface area contributed by atoms with Crippen molar-refractivity contribution in [3.8, 4) is 5.75 Å². The molecule has 0 saturated carbocycles. The number of amides is 1. The van der Waals surface area contributed by atoms with E-state index in [1.54, 1.807) is 12.0 Å². The van der Waals surface area contributed by atoms with E-state index < -0.39 is 5.60 Å². The van der Waals surface area contributed by atoms with E-state index in [9.17, 15) is 4.79 Å². The Bertz CT molecular complexity index is 525. The van der Waals surface area contributed by atoms with Gasteiger partial charge in [0.05, 0.1) is 7.11 Å². The molecule has 5 nitrogen and oxygen atoms in total. The molecule has 1 heterocycles. The van der Waals surface area contributed by atoms with Crippen LogP contribution in [0.1, 0.15) is 38.7 Å². The van der Waals surface area contributed by atoms with Gasteiger partial charge in [0.15, 0.2) is 0 Å². The highest BCUT2D eigenvalue weighted by molar-refractivity contribution is 5.68. The fraction of sp³-hybridized carbons (Fsp3) is 0.588. The third kappa shape index (κ3) is 4.13. The molecule has 0 aliphatic carbocycles. The molecule has 0 bridgehead atoms. The lowest BCUT2D eigenvalue weighted by Crippen LogP contribution is -2.49. The summed E-state index contributed by atoms with van der Waals surface area (Å²) in [5.74, 6) is 0.899. The summed E-state index contributed by atoms with van der Waals surface area (Å²) in [7, 11) is 1.65. The van der Waals surface area contributed by atoms with Gasteiger partial charge in [0.2, 0.25) is 0 Å². The van der Waals surface area contributed by atoms with Crippen molar-refractivity contribution >= 4 is 6.09 Å². The van der Waals surface area contributed by atoms with E-state index in [-0.39, 0.29) is 18.1 Å². The van der Waals surface area contributed by atoms with Gasteiger partial charge in [-0.2, -0.15) is 0 Å². The van der Waals surface area contributed by atoms with Crippen LogP contribution in [-0.2, 0) is 4.74 Å². The van der Waals surface area contributed by atoms with Gasteiger partial charge in [-0.1, -0.05) is 12.1 Å². The average Bonchev–Trinajstić information content (AvgIpc) is 2.46. The highest BCUT2D eigenvalue weighted by Gasteiger charge is 2.32. The summed E-state index contributed by atoms with van der Waals surface area (Å²) < 4.78 is 10.7. The van der Waals surface area contributed by atoms with Crippen LogP contribution in [0.4, 0.5) is 4.79 Å². The molecule has 1 saturated heterocycles. The van der Waals surface area contributed by atoms with E-state index in [2.05, 4.69) is 0 Å². The third-order valence-electron chi connectivity index (χ3n) is 3.84. The topological polar surface area (TPSA) is 64.8 Å². The Labute approximate surface area is 132 Å². The van der Waals surface area contributed by atoms with Gasteiger partial charge in [0, 0.05) is 25.0 Å². The molecule has 1 aromatic carbocycles. The SMILES string of the molecule is COc1cccc(C2CN(C(=O)OC(C)(C)C)CCC2N)c1. The van der Waals surface area contributed by atoms with Crippen molar-refractivity contribution in [1.82, 2.24) is 4.90 Å². The average molecular weight is 306 g/mol. The molecular formula is C17H26N2O3. The number of hydrogen-bond donors (Lipinski definition) is 1. The summed E-state index contributed by atoms with van der Waals surface area (Å²) in [4.78, 5) is 14.0. The second-order valence-corrected chi connectivity index (χ2v) is 6.76. The van der Waals surface area contributed by atoms with Gasteiger partial charge in [0.25, 0.3) is 0 Å². The minimum Gasteiger partial charge on any atom is -0.497 e. The fourth-order valence-electron chi connectivity index (χ4n) is 2.69. The summed E-state index contributed by atoms with van der Waals surface area (Å²) in [6.45, 7) is 6.83. The molecule has 2 unspecified atom stereocenters. The quantitative estimate of drug-likeness (QED) is 0.912. The summed E-state index contributed by atoms with van der Waals surface area (Å²) in [6.07, 6.45) is 0.494. The van der Waals surface area contributed by atoms with Crippen molar-refractivity contribution in [1.29, 1.82) is 0 Å². The first-order valence-electron chi connectivity index (χ1n) is 7.67. The van der Waals surface area contributed by atoms with E-state index in [4.69, 9.17) is 15.2 Å². The number of rotatable bonds is 2. The highest BCUT2D eigenvalue weighted by Crippen LogP contribution is 2.29. The Morgan fingerprint density at radius 2 is 2.09 bits per heavy atom. The molecule has 0 aromatic heterocycles. The molecule has 1 aliphatic heterocycles. The molecule has 2 atom stereocenters. The number of ether oxygens (including phenoxy) is 2. The molecule has 5 heteroatoms. The summed E-state index contributed by atoms with van der Waals surface area (Å²) in [5, 5.41) is 0. The van der Waals surface area contributed by atoms with E-state index in [1.807, 2.05) is 45.0 Å². The van der Waals surface area contributed by atoms with Gasteiger partial charge in [-0.05, 0) is 44.9 Å². The van der Waals surface area contributed by atoms with Crippen molar-refractivity contribution < 1.29 is 14.3 Å². The maximum Gasteiger partial charge on any atom is 0.410 e. The second kappa shape index (κ2) is 6.57. The Morgan fingerprint density at radius 1 is 1.36 bits per heavy atom. The number of carbonyl (C=O) groups is 1. The molecule has 0 spiro atoms. The number of carbonyl (C=O) groups excluding carboxylic acids is 1. The molecule has 2 N–H and O–H groups in total. The molecule has 1 aromatic rings. The van der Waals surface area contributed by atoms with Crippen molar-refractivity contribution in [3.63, 3.8) is 0 Å². The van der Waals surface area contributed by atoms with Crippen molar-refractivity contribution in [2.24, 2.45) is 5.73 Å². The number of likely N-dealkylation sites (tertiary alicyclic amines) is 1. The number of benzene rings is 1. The van der Waals surface area contributed by atoms with Crippen LogP contribution in [0.25, 0.3) is 0 Å². The zero-order chi connectivity index (χ0) is 16.3. The van der Waals surface area contributed by atoms with Crippen LogP contribution < -0.4 is 10.5 Å². The van der Waals surface area contributed by atoms with Crippen LogP contribution in [0.5, 0.6) is 5.75 Å². The lowest BCUT2D eigenvalue weighted by Gasteiger charge is -2.37. The van der Waals surface area contributed by atoms with Crippen LogP contribution in [0.3, 0.4) is 0 Å². The minimum atomic E-state index is -0.484. The predicted octanol–water partition coefficient (Wildman–Crippen LogP) is 2.75. The van der Waals surface area contributed by atoms with Gasteiger partial charge in [-0.15, -0.1) is 0 Å². The van der Waals surface area contributed by atoms with E-state index in [0.29, 0.717) is 13.1 Å². The zero-order valence-corrected chi connectivity index (χ0v) is 13.8. The van der Waals surface area contributed by atoms with Crippen LogP contribution in [-0.4, -0.2) is 42.8 Å². The second-order valence-electron chi connectivity index (χ2n) is 6.76. The molecular weight excluding hydrogens is 280 g/mol. The molecule has 1 fully saturated rings. The minimum absolute atomic E-state index is 0.0331. The van der Waals surface area contributed by atoms with Gasteiger partial charge in [0.1, 0.15) is 11.4 Å². The molecule has 122 valence electrons. The van der Waals surface area contributed by atoms with Crippen molar-refractivity contribution in [3.05, 3.63) is 29.8 Å². The van der Waals surface area contributed by atoms with Gasteiger partial charge >= 0.3 is 6.09 Å². The fourth-order valence-corrected chi connectivity index (χ4v) is 2.69. The number of nitrogens with zero attached hydrogens (tertiary/aromatic N) is 1. The first-order chi connectivity index (χ1) is 10.3. The first kappa shape index (κ1) is 16.6. The lowest BCUT2D eigenvalue weighted by molar-refractivity contribution is 0.0186. The maximum absolute atomic E-state index is 12.3. The van der Waals surface area contributed by atoms with E-state index >= 15 is 0 Å². The molecule has 1 amide bonds. The van der Waals surface area contributed by atoms with Gasteiger partial charge in [-0.3, -0.25) is 0 Å². The smallest absolute Gasteiger partial charge is 0.410 e. The number of methoxy groups -OCH3 is 1. The van der Waals surface area contributed by atoms with Crippen LogP contribution in [0, 0.1) is 0 Å². The standard InChI is InChI=1S/C17H26N2O3/c1-17(2,3)22-16(20)19-9-8-15(18)14(11-19)12-6-5-7-13(10-12)21-4/h5-7,10,14-15H,8-9,11,18H2,1-4H3. The molecule has 0 radical (unpaired) electrons. The van der Waals surface area contributed by atoms with Crippen molar-refractivity contribution in [2.75, 3.05) is 20.2 Å².